The molecule has 1 fully saturated rings. The van der Waals surface area contributed by atoms with Gasteiger partial charge in [0.25, 0.3) is 11.5 Å². The third-order valence-corrected chi connectivity index (χ3v) is 8.83. The Morgan fingerprint density at radius 1 is 1.20 bits per heavy atom. The highest BCUT2D eigenvalue weighted by atomic mass is 16.5. The van der Waals surface area contributed by atoms with Crippen LogP contribution in [0, 0.1) is 10.8 Å². The summed E-state index contributed by atoms with van der Waals surface area (Å²) < 4.78 is 8.72. The lowest BCUT2D eigenvalue weighted by molar-refractivity contribution is 0.0964. The SMILES string of the molecule is COCCN1CCN/C(=C\C(=N)Nc2cc(-c3nccc(N4CCn5c(cc6c5CC(C)(C)C6)C4=O)c3C=O)cn(C)c2=O)C1. The van der Waals surface area contributed by atoms with Gasteiger partial charge in [0.15, 0.2) is 6.29 Å². The van der Waals surface area contributed by atoms with Crippen LogP contribution in [-0.2, 0) is 31.2 Å². The van der Waals surface area contributed by atoms with E-state index in [0.29, 0.717) is 48.9 Å². The number of carbonyl (C=O) groups is 2. The molecule has 0 radical (unpaired) electrons. The fraction of sp³-hybridized carbons (Fsp3) is 0.424. The number of aryl methyl sites for hydroxylation is 1. The van der Waals surface area contributed by atoms with Gasteiger partial charge < -0.3 is 29.4 Å². The number of nitrogens with one attached hydrogen (secondary N) is 3. The number of methoxy groups -OCH3 is 1. The van der Waals surface area contributed by atoms with Gasteiger partial charge in [0.2, 0.25) is 0 Å². The van der Waals surface area contributed by atoms with Crippen molar-refractivity contribution in [1.29, 1.82) is 5.41 Å². The van der Waals surface area contributed by atoms with E-state index < -0.39 is 0 Å². The lowest BCUT2D eigenvalue weighted by Crippen LogP contribution is -2.43. The molecular weight excluding hydrogens is 572 g/mol. The number of carbonyl (C=O) groups excluding carboxylic acids is 2. The lowest BCUT2D eigenvalue weighted by Gasteiger charge is -2.31. The van der Waals surface area contributed by atoms with E-state index in [4.69, 9.17) is 10.1 Å². The van der Waals surface area contributed by atoms with Crippen molar-refractivity contribution in [2.45, 2.75) is 33.2 Å². The number of anilines is 2. The third kappa shape index (κ3) is 5.95. The minimum absolute atomic E-state index is 0.0508. The Hall–Kier alpha value is -4.55. The smallest absolute Gasteiger partial charge is 0.274 e. The average molecular weight is 613 g/mol. The number of fused-ring (bicyclic) bond motifs is 3. The fourth-order valence-electron chi connectivity index (χ4n) is 6.73. The zero-order valence-corrected chi connectivity index (χ0v) is 26.3. The minimum atomic E-state index is -0.327. The van der Waals surface area contributed by atoms with Crippen molar-refractivity contribution in [3.05, 3.63) is 75.2 Å². The second-order valence-electron chi connectivity index (χ2n) is 12.8. The van der Waals surface area contributed by atoms with Crippen LogP contribution in [-0.4, -0.2) is 83.5 Å². The van der Waals surface area contributed by atoms with Crippen LogP contribution in [0.5, 0.6) is 0 Å². The normalized spacial score (nSPS) is 18.4. The third-order valence-electron chi connectivity index (χ3n) is 8.83. The topological polar surface area (TPSA) is 138 Å². The number of amidine groups is 1. The predicted octanol–water partition coefficient (Wildman–Crippen LogP) is 2.67. The molecule has 2 aliphatic heterocycles. The van der Waals surface area contributed by atoms with E-state index in [1.54, 1.807) is 49.7 Å². The van der Waals surface area contributed by atoms with Crippen LogP contribution in [0.2, 0.25) is 0 Å². The van der Waals surface area contributed by atoms with Gasteiger partial charge in [-0.15, -0.1) is 0 Å². The van der Waals surface area contributed by atoms with E-state index in [1.807, 2.05) is 6.07 Å². The first-order valence-electron chi connectivity index (χ1n) is 15.3. The zero-order chi connectivity index (χ0) is 31.9. The van der Waals surface area contributed by atoms with Gasteiger partial charge in [-0.25, -0.2) is 0 Å². The van der Waals surface area contributed by atoms with Crippen LogP contribution >= 0.6 is 0 Å². The van der Waals surface area contributed by atoms with Gasteiger partial charge in [0.1, 0.15) is 17.2 Å². The standard InChI is InChI=1S/C33H40N8O4/c1-33(2)16-21-14-27-32(44)41(10-9-40(27)28(21)17-33)26-5-6-36-30(24(26)20-42)22-13-25(31(43)38(3)18-22)37-29(34)15-23-19-39(8-7-35-23)11-12-45-4/h5-6,13-15,18,20,35H,7-12,16-17,19H2,1-4H3,(H2,34,37)/b23-15-. The van der Waals surface area contributed by atoms with Crippen molar-refractivity contribution in [2.75, 3.05) is 56.7 Å². The molecule has 3 N–H and O–H groups in total. The summed E-state index contributed by atoms with van der Waals surface area (Å²) in [6.45, 7) is 9.27. The molecule has 1 saturated heterocycles. The number of piperazine rings is 1. The molecule has 6 rings (SSSR count). The Morgan fingerprint density at radius 2 is 2.02 bits per heavy atom. The number of pyridine rings is 2. The molecule has 0 bridgehead atoms. The molecule has 45 heavy (non-hydrogen) atoms. The maximum Gasteiger partial charge on any atom is 0.274 e. The Labute approximate surface area is 262 Å². The van der Waals surface area contributed by atoms with Gasteiger partial charge in [0.05, 0.1) is 23.6 Å². The molecule has 1 aliphatic carbocycles. The Bertz CT molecular complexity index is 1770. The second-order valence-corrected chi connectivity index (χ2v) is 12.8. The van der Waals surface area contributed by atoms with Gasteiger partial charge in [-0.2, -0.15) is 0 Å². The van der Waals surface area contributed by atoms with Crippen LogP contribution < -0.4 is 21.1 Å². The van der Waals surface area contributed by atoms with Crippen molar-refractivity contribution < 1.29 is 14.3 Å². The van der Waals surface area contributed by atoms with Crippen molar-refractivity contribution in [1.82, 2.24) is 24.3 Å². The molecule has 3 aromatic rings. The summed E-state index contributed by atoms with van der Waals surface area (Å²) in [5.74, 6) is -0.0926. The second kappa shape index (κ2) is 12.1. The van der Waals surface area contributed by atoms with E-state index in [-0.39, 0.29) is 34.0 Å². The Kier molecular flexibility index (Phi) is 8.19. The first kappa shape index (κ1) is 30.5. The lowest BCUT2D eigenvalue weighted by atomic mass is 9.90. The summed E-state index contributed by atoms with van der Waals surface area (Å²) in [7, 11) is 3.29. The summed E-state index contributed by atoms with van der Waals surface area (Å²) in [6, 6.07) is 5.30. The Morgan fingerprint density at radius 3 is 2.80 bits per heavy atom. The molecule has 0 atom stereocenters. The maximum absolute atomic E-state index is 13.8. The number of amides is 1. The molecule has 0 aromatic carbocycles. The van der Waals surface area contributed by atoms with Crippen molar-refractivity contribution in [3.8, 4) is 11.3 Å². The molecule has 0 spiro atoms. The van der Waals surface area contributed by atoms with Crippen LogP contribution in [0.15, 0.2) is 47.2 Å². The monoisotopic (exact) mass is 612 g/mol. The number of ether oxygens (including phenoxy) is 1. The summed E-state index contributed by atoms with van der Waals surface area (Å²) in [5, 5.41) is 14.8. The zero-order valence-electron chi connectivity index (χ0n) is 26.3. The highest BCUT2D eigenvalue weighted by molar-refractivity contribution is 6.09. The molecule has 1 amide bonds. The van der Waals surface area contributed by atoms with Crippen molar-refractivity contribution >= 4 is 29.4 Å². The number of nitrogens with zero attached hydrogens (tertiary/aromatic N) is 5. The summed E-state index contributed by atoms with van der Waals surface area (Å²) >= 11 is 0. The molecule has 3 aliphatic rings. The first-order chi connectivity index (χ1) is 21.6. The maximum atomic E-state index is 13.8. The van der Waals surface area contributed by atoms with Gasteiger partial charge in [0, 0.05) is 88.9 Å². The molecule has 5 heterocycles. The average Bonchev–Trinajstić information content (AvgIpc) is 3.50. The Balaban J connectivity index is 1.27. The summed E-state index contributed by atoms with van der Waals surface area (Å²) in [4.78, 5) is 47.9. The summed E-state index contributed by atoms with van der Waals surface area (Å²) in [6.07, 6.45) is 7.47. The number of hydrogen-bond donors (Lipinski definition) is 3. The van der Waals surface area contributed by atoms with Crippen molar-refractivity contribution in [3.63, 3.8) is 0 Å². The molecular formula is C33H40N8O4. The van der Waals surface area contributed by atoms with Crippen LogP contribution in [0.25, 0.3) is 11.3 Å². The van der Waals surface area contributed by atoms with Gasteiger partial charge in [-0.1, -0.05) is 13.8 Å². The van der Waals surface area contributed by atoms with Crippen LogP contribution in [0.1, 0.15) is 46.0 Å². The minimum Gasteiger partial charge on any atom is -0.386 e. The molecule has 0 unspecified atom stereocenters. The summed E-state index contributed by atoms with van der Waals surface area (Å²) in [5.41, 5.74) is 5.64. The quantitative estimate of drug-likeness (QED) is 0.201. The van der Waals surface area contributed by atoms with Crippen LogP contribution in [0.4, 0.5) is 11.4 Å². The molecule has 3 aromatic heterocycles. The first-order valence-corrected chi connectivity index (χ1v) is 15.3. The van der Waals surface area contributed by atoms with Gasteiger partial charge in [-0.05, 0) is 42.0 Å². The van der Waals surface area contributed by atoms with Crippen LogP contribution in [0.3, 0.4) is 0 Å². The number of aldehydes is 1. The highest BCUT2D eigenvalue weighted by Gasteiger charge is 2.37. The molecule has 12 nitrogen and oxygen atoms in total. The van der Waals surface area contributed by atoms with E-state index >= 15 is 0 Å². The predicted molar refractivity (Wildman–Crippen MR) is 173 cm³/mol. The van der Waals surface area contributed by atoms with Gasteiger partial charge in [-0.3, -0.25) is 29.7 Å². The van der Waals surface area contributed by atoms with E-state index in [2.05, 4.69) is 38.9 Å². The number of aromatic nitrogens is 3. The number of rotatable bonds is 8. The van der Waals surface area contributed by atoms with Gasteiger partial charge >= 0.3 is 0 Å². The van der Waals surface area contributed by atoms with Crippen molar-refractivity contribution in [2.24, 2.45) is 12.5 Å². The largest absolute Gasteiger partial charge is 0.386 e. The number of hydrogen-bond acceptors (Lipinski definition) is 8. The fourth-order valence-corrected chi connectivity index (χ4v) is 6.73. The molecule has 0 saturated carbocycles. The highest BCUT2D eigenvalue weighted by Crippen LogP contribution is 2.40. The van der Waals surface area contributed by atoms with E-state index in [1.165, 1.54) is 15.8 Å². The van der Waals surface area contributed by atoms with E-state index in [9.17, 15) is 14.4 Å². The molecule has 236 valence electrons. The molecule has 12 heteroatoms. The van der Waals surface area contributed by atoms with E-state index in [0.717, 1.165) is 44.5 Å².